The molecule has 0 atom stereocenters. The van der Waals surface area contributed by atoms with Crippen molar-refractivity contribution in [2.75, 3.05) is 5.32 Å². The second-order valence-electron chi connectivity index (χ2n) is 3.77. The minimum Gasteiger partial charge on any atom is -0.322 e. The van der Waals surface area contributed by atoms with Gasteiger partial charge in [0.25, 0.3) is 5.91 Å². The van der Waals surface area contributed by atoms with Gasteiger partial charge < -0.3 is 5.32 Å². The summed E-state index contributed by atoms with van der Waals surface area (Å²) in [5.41, 5.74) is 1.35. The number of rotatable bonds is 2. The van der Waals surface area contributed by atoms with E-state index in [1.165, 1.54) is 12.3 Å². The van der Waals surface area contributed by atoms with Crippen LogP contribution in [0.15, 0.2) is 36.7 Å². The molecule has 0 bridgehead atoms. The predicted octanol–water partition coefficient (Wildman–Crippen LogP) is 2.92. The Hall–Kier alpha value is -2.30. The SMILES string of the molecule is Cc1cnccc1C(=O)Nc1ccc(F)c(F)c1. The maximum Gasteiger partial charge on any atom is 0.256 e. The topological polar surface area (TPSA) is 42.0 Å². The number of pyridine rings is 1. The van der Waals surface area contributed by atoms with Gasteiger partial charge in [0.15, 0.2) is 11.6 Å². The Morgan fingerprint density at radius 2 is 2.00 bits per heavy atom. The van der Waals surface area contributed by atoms with E-state index in [1.54, 1.807) is 19.2 Å². The summed E-state index contributed by atoms with van der Waals surface area (Å²) in [6.45, 7) is 1.74. The van der Waals surface area contributed by atoms with Crippen LogP contribution in [0, 0.1) is 18.6 Å². The van der Waals surface area contributed by atoms with Gasteiger partial charge >= 0.3 is 0 Å². The van der Waals surface area contributed by atoms with Crippen LogP contribution in [-0.2, 0) is 0 Å². The van der Waals surface area contributed by atoms with Gasteiger partial charge in [-0.3, -0.25) is 9.78 Å². The first-order chi connectivity index (χ1) is 8.58. The Labute approximate surface area is 102 Å². The molecule has 2 aromatic rings. The fourth-order valence-electron chi connectivity index (χ4n) is 1.50. The maximum atomic E-state index is 13.0. The van der Waals surface area contributed by atoms with E-state index in [0.29, 0.717) is 11.1 Å². The summed E-state index contributed by atoms with van der Waals surface area (Å²) >= 11 is 0. The van der Waals surface area contributed by atoms with Crippen molar-refractivity contribution in [3.8, 4) is 0 Å². The van der Waals surface area contributed by atoms with E-state index in [2.05, 4.69) is 10.3 Å². The molecule has 0 saturated heterocycles. The van der Waals surface area contributed by atoms with Crippen LogP contribution in [0.25, 0.3) is 0 Å². The van der Waals surface area contributed by atoms with E-state index in [9.17, 15) is 13.6 Å². The summed E-state index contributed by atoms with van der Waals surface area (Å²) in [5, 5.41) is 2.49. The molecule has 0 unspecified atom stereocenters. The predicted molar refractivity (Wildman–Crippen MR) is 63.3 cm³/mol. The van der Waals surface area contributed by atoms with Crippen molar-refractivity contribution in [3.05, 3.63) is 59.4 Å². The number of anilines is 1. The van der Waals surface area contributed by atoms with Crippen molar-refractivity contribution >= 4 is 11.6 Å². The average molecular weight is 248 g/mol. The highest BCUT2D eigenvalue weighted by atomic mass is 19.2. The quantitative estimate of drug-likeness (QED) is 0.887. The van der Waals surface area contributed by atoms with Crippen LogP contribution in [0.3, 0.4) is 0 Å². The fourth-order valence-corrected chi connectivity index (χ4v) is 1.50. The molecule has 0 aliphatic heterocycles. The van der Waals surface area contributed by atoms with Gasteiger partial charge in [-0.15, -0.1) is 0 Å². The van der Waals surface area contributed by atoms with Gasteiger partial charge in [-0.1, -0.05) is 0 Å². The number of aromatic nitrogens is 1. The number of benzene rings is 1. The first kappa shape index (κ1) is 12.2. The lowest BCUT2D eigenvalue weighted by Gasteiger charge is -2.07. The Bertz CT molecular complexity index is 599. The van der Waals surface area contributed by atoms with Gasteiger partial charge in [0.05, 0.1) is 0 Å². The normalized spacial score (nSPS) is 10.2. The summed E-state index contributed by atoms with van der Waals surface area (Å²) in [7, 11) is 0. The number of hydrogen-bond donors (Lipinski definition) is 1. The lowest BCUT2D eigenvalue weighted by Crippen LogP contribution is -2.13. The van der Waals surface area contributed by atoms with Crippen LogP contribution in [0.1, 0.15) is 15.9 Å². The zero-order valence-corrected chi connectivity index (χ0v) is 9.58. The summed E-state index contributed by atoms with van der Waals surface area (Å²) in [4.78, 5) is 15.7. The Balaban J connectivity index is 2.22. The molecule has 1 heterocycles. The van der Waals surface area contributed by atoms with Crippen LogP contribution in [0.2, 0.25) is 0 Å². The summed E-state index contributed by atoms with van der Waals surface area (Å²) in [6.07, 6.45) is 3.05. The fraction of sp³-hybridized carbons (Fsp3) is 0.0769. The summed E-state index contributed by atoms with van der Waals surface area (Å²) in [5.74, 6) is -2.34. The van der Waals surface area contributed by atoms with Crippen molar-refractivity contribution in [2.45, 2.75) is 6.92 Å². The molecule has 1 amide bonds. The molecule has 1 aromatic carbocycles. The zero-order chi connectivity index (χ0) is 13.1. The Kier molecular flexibility index (Phi) is 3.32. The minimum absolute atomic E-state index is 0.204. The van der Waals surface area contributed by atoms with Crippen molar-refractivity contribution in [2.24, 2.45) is 0 Å². The molecule has 1 aromatic heterocycles. The number of carbonyl (C=O) groups is 1. The van der Waals surface area contributed by atoms with E-state index in [4.69, 9.17) is 0 Å². The molecular formula is C13H10F2N2O. The number of halogens is 2. The first-order valence-electron chi connectivity index (χ1n) is 5.25. The highest BCUT2D eigenvalue weighted by Gasteiger charge is 2.10. The van der Waals surface area contributed by atoms with Gasteiger partial charge in [0.1, 0.15) is 0 Å². The monoisotopic (exact) mass is 248 g/mol. The molecule has 5 heteroatoms. The highest BCUT2D eigenvalue weighted by Crippen LogP contribution is 2.15. The van der Waals surface area contributed by atoms with Gasteiger partial charge in [0.2, 0.25) is 0 Å². The van der Waals surface area contributed by atoms with Gasteiger partial charge in [-0.2, -0.15) is 0 Å². The van der Waals surface area contributed by atoms with Gasteiger partial charge in [-0.05, 0) is 30.7 Å². The summed E-state index contributed by atoms with van der Waals surface area (Å²) in [6, 6.07) is 4.76. The first-order valence-corrected chi connectivity index (χ1v) is 5.25. The average Bonchev–Trinajstić information content (AvgIpc) is 2.34. The third-order valence-electron chi connectivity index (χ3n) is 2.44. The number of amides is 1. The summed E-state index contributed by atoms with van der Waals surface area (Å²) < 4.78 is 25.7. The number of hydrogen-bond acceptors (Lipinski definition) is 2. The smallest absolute Gasteiger partial charge is 0.256 e. The molecule has 92 valence electrons. The molecule has 0 aliphatic carbocycles. The molecule has 3 nitrogen and oxygen atoms in total. The van der Waals surface area contributed by atoms with E-state index in [-0.39, 0.29) is 11.6 Å². The molecule has 0 spiro atoms. The third kappa shape index (κ3) is 2.51. The number of carbonyl (C=O) groups excluding carboxylic acids is 1. The van der Waals surface area contributed by atoms with Crippen LogP contribution < -0.4 is 5.32 Å². The highest BCUT2D eigenvalue weighted by molar-refractivity contribution is 6.05. The number of nitrogens with one attached hydrogen (secondary N) is 1. The lowest BCUT2D eigenvalue weighted by molar-refractivity contribution is 0.102. The Morgan fingerprint density at radius 3 is 2.67 bits per heavy atom. The van der Waals surface area contributed by atoms with Crippen molar-refractivity contribution in [1.29, 1.82) is 0 Å². The van der Waals surface area contributed by atoms with E-state index in [1.807, 2.05) is 0 Å². The van der Waals surface area contributed by atoms with Crippen LogP contribution in [0.5, 0.6) is 0 Å². The lowest BCUT2D eigenvalue weighted by atomic mass is 10.1. The third-order valence-corrected chi connectivity index (χ3v) is 2.44. The molecule has 0 fully saturated rings. The molecule has 2 rings (SSSR count). The standard InChI is InChI=1S/C13H10F2N2O/c1-8-7-16-5-4-10(8)13(18)17-9-2-3-11(14)12(15)6-9/h2-7H,1H3,(H,17,18). The number of aryl methyl sites for hydroxylation is 1. The van der Waals surface area contributed by atoms with Crippen molar-refractivity contribution in [3.63, 3.8) is 0 Å². The molecular weight excluding hydrogens is 238 g/mol. The molecule has 0 saturated carbocycles. The minimum atomic E-state index is -1.00. The van der Waals surface area contributed by atoms with Crippen molar-refractivity contribution in [1.82, 2.24) is 4.98 Å². The zero-order valence-electron chi connectivity index (χ0n) is 9.58. The molecule has 0 aliphatic rings. The van der Waals surface area contributed by atoms with E-state index in [0.717, 1.165) is 12.1 Å². The van der Waals surface area contributed by atoms with E-state index >= 15 is 0 Å². The molecule has 18 heavy (non-hydrogen) atoms. The molecule has 0 radical (unpaired) electrons. The molecule has 1 N–H and O–H groups in total. The maximum absolute atomic E-state index is 13.0. The second kappa shape index (κ2) is 4.91. The largest absolute Gasteiger partial charge is 0.322 e. The second-order valence-corrected chi connectivity index (χ2v) is 3.77. The van der Waals surface area contributed by atoms with Crippen LogP contribution in [-0.4, -0.2) is 10.9 Å². The van der Waals surface area contributed by atoms with Crippen LogP contribution in [0.4, 0.5) is 14.5 Å². The number of nitrogens with zero attached hydrogens (tertiary/aromatic N) is 1. The van der Waals surface area contributed by atoms with E-state index < -0.39 is 11.6 Å². The van der Waals surface area contributed by atoms with Crippen molar-refractivity contribution < 1.29 is 13.6 Å². The van der Waals surface area contributed by atoms with Gasteiger partial charge in [0, 0.05) is 29.7 Å². The van der Waals surface area contributed by atoms with Crippen LogP contribution >= 0.6 is 0 Å². The van der Waals surface area contributed by atoms with Gasteiger partial charge in [-0.25, -0.2) is 8.78 Å². The Morgan fingerprint density at radius 1 is 1.22 bits per heavy atom.